The topological polar surface area (TPSA) is 21.3 Å². The average molecular weight is 416 g/mol. The van der Waals surface area contributed by atoms with E-state index in [0.29, 0.717) is 0 Å². The van der Waals surface area contributed by atoms with E-state index in [9.17, 15) is 0 Å². The Kier molecular flexibility index (Phi) is 6.18. The first kappa shape index (κ1) is 16.4. The van der Waals surface area contributed by atoms with Gasteiger partial charge in [-0.25, -0.2) is 0 Å². The summed E-state index contributed by atoms with van der Waals surface area (Å²) in [6.07, 6.45) is 1.02. The van der Waals surface area contributed by atoms with Gasteiger partial charge in [0.25, 0.3) is 0 Å². The first-order valence-corrected chi connectivity index (χ1v) is 8.50. The van der Waals surface area contributed by atoms with Crippen LogP contribution in [-0.2, 0) is 0 Å². The molecule has 0 bridgehead atoms. The molecule has 0 heterocycles. The predicted octanol–water partition coefficient (Wildman–Crippen LogP) is 5.91. The Morgan fingerprint density at radius 2 is 1.90 bits per heavy atom. The largest absolute Gasteiger partial charge is 0.494 e. The Labute approximate surface area is 145 Å². The van der Waals surface area contributed by atoms with Gasteiger partial charge in [0.15, 0.2) is 0 Å². The van der Waals surface area contributed by atoms with Gasteiger partial charge in [-0.3, -0.25) is 0 Å². The number of halogens is 2. The van der Waals surface area contributed by atoms with E-state index in [1.54, 1.807) is 0 Å². The molecule has 0 radical (unpaired) electrons. The number of anilines is 1. The van der Waals surface area contributed by atoms with Gasteiger partial charge in [-0.05, 0) is 71.8 Å². The van der Waals surface area contributed by atoms with Crippen molar-refractivity contribution >= 4 is 39.9 Å². The summed E-state index contributed by atoms with van der Waals surface area (Å²) in [4.78, 5) is 0. The van der Waals surface area contributed by atoms with Crippen molar-refractivity contribution in [3.63, 3.8) is 0 Å². The Balaban J connectivity index is 2.04. The quantitative estimate of drug-likeness (QED) is 0.593. The van der Waals surface area contributed by atoms with Crippen molar-refractivity contribution in [1.29, 1.82) is 0 Å². The van der Waals surface area contributed by atoms with E-state index >= 15 is 0 Å². The Bertz CT molecular complexity index is 586. The van der Waals surface area contributed by atoms with Crippen LogP contribution in [-0.4, -0.2) is 6.61 Å². The smallest absolute Gasteiger partial charge is 0.119 e. The molecule has 1 N–H and O–H groups in total. The normalized spacial score (nSPS) is 12.0. The molecule has 1 unspecified atom stereocenters. The van der Waals surface area contributed by atoms with Gasteiger partial charge in [0.2, 0.25) is 0 Å². The van der Waals surface area contributed by atoms with Crippen LogP contribution >= 0.6 is 34.2 Å². The summed E-state index contributed by atoms with van der Waals surface area (Å²) in [5.41, 5.74) is 2.16. The molecule has 0 aliphatic heterocycles. The van der Waals surface area contributed by atoms with Gasteiger partial charge < -0.3 is 10.1 Å². The summed E-state index contributed by atoms with van der Waals surface area (Å²) >= 11 is 8.51. The molecule has 0 aliphatic carbocycles. The molecular weight excluding hydrogens is 397 g/mol. The zero-order valence-electron chi connectivity index (χ0n) is 12.2. The third-order valence-electron chi connectivity index (χ3n) is 3.16. The summed E-state index contributed by atoms with van der Waals surface area (Å²) in [5, 5.41) is 4.19. The Hall–Kier alpha value is -0.940. The molecule has 2 rings (SSSR count). The van der Waals surface area contributed by atoms with Crippen LogP contribution in [0, 0.1) is 3.57 Å². The van der Waals surface area contributed by atoms with Crippen LogP contribution in [0.1, 0.15) is 31.9 Å². The van der Waals surface area contributed by atoms with Crippen molar-refractivity contribution in [3.8, 4) is 5.75 Å². The summed E-state index contributed by atoms with van der Waals surface area (Å²) in [6.45, 7) is 4.98. The summed E-state index contributed by atoms with van der Waals surface area (Å²) in [7, 11) is 0. The number of hydrogen-bond donors (Lipinski definition) is 1. The lowest BCUT2D eigenvalue weighted by molar-refractivity contribution is 0.317. The Morgan fingerprint density at radius 1 is 1.19 bits per heavy atom. The molecule has 4 heteroatoms. The minimum absolute atomic E-state index is 0.183. The van der Waals surface area contributed by atoms with Gasteiger partial charge in [0.1, 0.15) is 5.75 Å². The number of nitrogens with one attached hydrogen (secondary N) is 1. The second-order valence-corrected chi connectivity index (χ2v) is 6.56. The molecular formula is C17H19ClINO. The lowest BCUT2D eigenvalue weighted by Gasteiger charge is -2.17. The molecule has 0 spiro atoms. The molecule has 2 nitrogen and oxygen atoms in total. The van der Waals surface area contributed by atoms with E-state index in [1.807, 2.05) is 30.3 Å². The number of benzene rings is 2. The molecule has 1 atom stereocenters. The molecule has 21 heavy (non-hydrogen) atoms. The van der Waals surface area contributed by atoms with Gasteiger partial charge in [0.05, 0.1) is 17.3 Å². The maximum atomic E-state index is 6.26. The van der Waals surface area contributed by atoms with Gasteiger partial charge in [-0.2, -0.15) is 0 Å². The fraction of sp³-hybridized carbons (Fsp3) is 0.294. The molecule has 0 fully saturated rings. The van der Waals surface area contributed by atoms with Crippen molar-refractivity contribution in [2.24, 2.45) is 0 Å². The van der Waals surface area contributed by atoms with Crippen LogP contribution in [0.15, 0.2) is 42.5 Å². The van der Waals surface area contributed by atoms with Crippen molar-refractivity contribution in [1.82, 2.24) is 0 Å². The standard InChI is InChI=1S/C17H19ClINO/c1-3-10-21-15-7-4-13(5-8-15)12(2)20-17-9-6-14(19)11-16(17)18/h4-9,11-12,20H,3,10H2,1-2H3. The van der Waals surface area contributed by atoms with E-state index in [4.69, 9.17) is 16.3 Å². The highest BCUT2D eigenvalue weighted by atomic mass is 127. The summed E-state index contributed by atoms with van der Waals surface area (Å²) in [6, 6.07) is 14.4. The maximum Gasteiger partial charge on any atom is 0.119 e. The van der Waals surface area contributed by atoms with Crippen molar-refractivity contribution in [2.75, 3.05) is 11.9 Å². The predicted molar refractivity (Wildman–Crippen MR) is 98.4 cm³/mol. The van der Waals surface area contributed by atoms with Crippen LogP contribution in [0.3, 0.4) is 0 Å². The second kappa shape index (κ2) is 7.90. The lowest BCUT2D eigenvalue weighted by Crippen LogP contribution is -2.07. The molecule has 0 saturated carbocycles. The van der Waals surface area contributed by atoms with Crippen molar-refractivity contribution in [3.05, 3.63) is 56.6 Å². The zero-order chi connectivity index (χ0) is 15.2. The van der Waals surface area contributed by atoms with Gasteiger partial charge >= 0.3 is 0 Å². The highest BCUT2D eigenvalue weighted by molar-refractivity contribution is 14.1. The number of ether oxygens (including phenoxy) is 1. The number of rotatable bonds is 6. The molecule has 0 amide bonds. The Morgan fingerprint density at radius 3 is 2.52 bits per heavy atom. The molecule has 2 aromatic rings. The van der Waals surface area contributed by atoms with Crippen LogP contribution in [0.2, 0.25) is 5.02 Å². The monoisotopic (exact) mass is 415 g/mol. The van der Waals surface area contributed by atoms with Crippen molar-refractivity contribution in [2.45, 2.75) is 26.3 Å². The molecule has 0 aliphatic rings. The fourth-order valence-electron chi connectivity index (χ4n) is 2.00. The van der Waals surface area contributed by atoms with Crippen molar-refractivity contribution < 1.29 is 4.74 Å². The van der Waals surface area contributed by atoms with Crippen LogP contribution in [0.4, 0.5) is 5.69 Å². The first-order chi connectivity index (χ1) is 10.1. The third-order valence-corrected chi connectivity index (χ3v) is 4.14. The second-order valence-electron chi connectivity index (χ2n) is 4.91. The molecule has 112 valence electrons. The van der Waals surface area contributed by atoms with Crippen LogP contribution in [0.5, 0.6) is 5.75 Å². The zero-order valence-corrected chi connectivity index (χ0v) is 15.1. The van der Waals surface area contributed by atoms with Gasteiger partial charge in [0, 0.05) is 9.61 Å². The average Bonchev–Trinajstić information content (AvgIpc) is 2.48. The van der Waals surface area contributed by atoms with E-state index in [-0.39, 0.29) is 6.04 Å². The van der Waals surface area contributed by atoms with E-state index in [1.165, 1.54) is 5.56 Å². The minimum atomic E-state index is 0.183. The molecule has 2 aromatic carbocycles. The van der Waals surface area contributed by atoms with Gasteiger partial charge in [-0.15, -0.1) is 0 Å². The van der Waals surface area contributed by atoms with E-state index in [2.05, 4.69) is 53.9 Å². The maximum absolute atomic E-state index is 6.26. The summed E-state index contributed by atoms with van der Waals surface area (Å²) < 4.78 is 6.73. The van der Waals surface area contributed by atoms with Gasteiger partial charge in [-0.1, -0.05) is 30.7 Å². The summed E-state index contributed by atoms with van der Waals surface area (Å²) in [5.74, 6) is 0.917. The third kappa shape index (κ3) is 4.78. The van der Waals surface area contributed by atoms with E-state index in [0.717, 1.165) is 33.1 Å². The highest BCUT2D eigenvalue weighted by Crippen LogP contribution is 2.28. The highest BCUT2D eigenvalue weighted by Gasteiger charge is 2.08. The lowest BCUT2D eigenvalue weighted by atomic mass is 10.1. The van der Waals surface area contributed by atoms with Crippen LogP contribution < -0.4 is 10.1 Å². The molecule has 0 saturated heterocycles. The first-order valence-electron chi connectivity index (χ1n) is 7.04. The number of hydrogen-bond acceptors (Lipinski definition) is 2. The minimum Gasteiger partial charge on any atom is -0.494 e. The van der Waals surface area contributed by atoms with Crippen LogP contribution in [0.25, 0.3) is 0 Å². The SMILES string of the molecule is CCCOc1ccc(C(C)Nc2ccc(I)cc2Cl)cc1. The van der Waals surface area contributed by atoms with E-state index < -0.39 is 0 Å². The molecule has 0 aromatic heterocycles. The fourth-order valence-corrected chi connectivity index (χ4v) is 2.91.